The molecule has 0 amide bonds. The number of hydrogen-bond acceptors (Lipinski definition) is 4. The Morgan fingerprint density at radius 3 is 1.79 bits per heavy atom. The summed E-state index contributed by atoms with van der Waals surface area (Å²) < 4.78 is 11.1. The Balaban J connectivity index is 1.02. The van der Waals surface area contributed by atoms with E-state index >= 15 is 0 Å². The van der Waals surface area contributed by atoms with Crippen molar-refractivity contribution in [3.63, 3.8) is 0 Å². The van der Waals surface area contributed by atoms with Crippen LogP contribution < -0.4 is 4.90 Å². The van der Waals surface area contributed by atoms with Crippen LogP contribution in [-0.2, 0) is 0 Å². The largest absolute Gasteiger partial charge is 0.434 e. The third-order valence-corrected chi connectivity index (χ3v) is 9.72. The van der Waals surface area contributed by atoms with Crippen molar-refractivity contribution in [2.24, 2.45) is 0 Å². The second kappa shape index (κ2) is 9.44. The Kier molecular flexibility index (Phi) is 5.02. The molecule has 6 heteroatoms. The maximum absolute atomic E-state index is 6.42. The summed E-state index contributed by atoms with van der Waals surface area (Å²) in [5, 5.41) is 4.95. The van der Waals surface area contributed by atoms with Crippen molar-refractivity contribution >= 4 is 71.9 Å². The van der Waals surface area contributed by atoms with Crippen LogP contribution in [0, 0.1) is 0 Å². The molecule has 0 atom stereocenters. The number of anilines is 3. The zero-order chi connectivity index (χ0) is 31.3. The highest BCUT2D eigenvalue weighted by molar-refractivity contribution is 6.16. The molecule has 6 aromatic carbocycles. The quantitative estimate of drug-likeness (QED) is 0.198. The van der Waals surface area contributed by atoms with Gasteiger partial charge in [-0.15, -0.1) is 0 Å². The Morgan fingerprint density at radius 2 is 1.06 bits per heavy atom. The Labute approximate surface area is 274 Å². The van der Waals surface area contributed by atoms with E-state index in [0.29, 0.717) is 17.1 Å². The fourth-order valence-electron chi connectivity index (χ4n) is 7.69. The molecule has 11 rings (SSSR count). The van der Waals surface area contributed by atoms with E-state index in [-0.39, 0.29) is 0 Å². The first-order valence-corrected chi connectivity index (χ1v) is 16.1. The van der Waals surface area contributed by atoms with Crippen LogP contribution in [0.4, 0.5) is 17.1 Å². The highest BCUT2D eigenvalue weighted by Crippen LogP contribution is 2.49. The van der Waals surface area contributed by atoms with Crippen molar-refractivity contribution in [3.8, 4) is 22.8 Å². The molecule has 4 aromatic heterocycles. The number of rotatable bonds is 3. The van der Waals surface area contributed by atoms with Gasteiger partial charge in [-0.3, -0.25) is 0 Å². The summed E-state index contributed by atoms with van der Waals surface area (Å²) in [5.41, 5.74) is 12.2. The fraction of sp³-hybridized carbons (Fsp3) is 0. The molecule has 0 unspecified atom stereocenters. The van der Waals surface area contributed by atoms with Gasteiger partial charge in [-0.05, 0) is 60.7 Å². The van der Waals surface area contributed by atoms with Crippen LogP contribution in [0.15, 0.2) is 156 Å². The smallest absolute Gasteiger partial charge is 0.228 e. The number of para-hydroxylation sites is 6. The SMILES string of the molecule is c1ccc2c(c1)N(c1cnc3nc(-c4ccc(-n5c6ccccc6c6ccccc65)cc4)oc3c1)c1cccc3c4ccccc4n-2c13. The van der Waals surface area contributed by atoms with Gasteiger partial charge in [0.05, 0.1) is 51.0 Å². The van der Waals surface area contributed by atoms with E-state index in [2.05, 4.69) is 160 Å². The Hall–Kier alpha value is -6.66. The van der Waals surface area contributed by atoms with Gasteiger partial charge in [0.1, 0.15) is 0 Å². The minimum atomic E-state index is 0.546. The van der Waals surface area contributed by atoms with Crippen molar-refractivity contribution in [1.82, 2.24) is 19.1 Å². The molecule has 5 heterocycles. The van der Waals surface area contributed by atoms with Gasteiger partial charge in [0.25, 0.3) is 0 Å². The van der Waals surface area contributed by atoms with Crippen LogP contribution in [-0.4, -0.2) is 19.1 Å². The monoisotopic (exact) mass is 615 g/mol. The molecule has 224 valence electrons. The number of fused-ring (bicyclic) bond motifs is 9. The zero-order valence-corrected chi connectivity index (χ0v) is 25.6. The molecular weight excluding hydrogens is 590 g/mol. The molecule has 0 N–H and O–H groups in total. The van der Waals surface area contributed by atoms with Gasteiger partial charge in [0.2, 0.25) is 5.89 Å². The van der Waals surface area contributed by atoms with Gasteiger partial charge >= 0.3 is 0 Å². The number of oxazole rings is 1. The number of benzene rings is 6. The summed E-state index contributed by atoms with van der Waals surface area (Å²) >= 11 is 0. The third kappa shape index (κ3) is 3.40. The lowest BCUT2D eigenvalue weighted by molar-refractivity contribution is 0.619. The minimum absolute atomic E-state index is 0.546. The molecule has 10 aromatic rings. The van der Waals surface area contributed by atoms with Crippen molar-refractivity contribution < 1.29 is 4.42 Å². The fourth-order valence-corrected chi connectivity index (χ4v) is 7.69. The van der Waals surface area contributed by atoms with Crippen LogP contribution in [0.1, 0.15) is 0 Å². The summed E-state index contributed by atoms with van der Waals surface area (Å²) in [6.07, 6.45) is 1.90. The van der Waals surface area contributed by atoms with E-state index in [1.165, 1.54) is 43.6 Å². The molecule has 0 fully saturated rings. The number of hydrogen-bond donors (Lipinski definition) is 0. The lowest BCUT2D eigenvalue weighted by atomic mass is 10.1. The third-order valence-electron chi connectivity index (χ3n) is 9.72. The number of nitrogens with zero attached hydrogens (tertiary/aromatic N) is 5. The molecule has 0 spiro atoms. The predicted octanol–water partition coefficient (Wildman–Crippen LogP) is 10.9. The highest BCUT2D eigenvalue weighted by atomic mass is 16.3. The van der Waals surface area contributed by atoms with Crippen molar-refractivity contribution in [1.29, 1.82) is 0 Å². The maximum Gasteiger partial charge on any atom is 0.228 e. The lowest BCUT2D eigenvalue weighted by Crippen LogP contribution is -2.18. The van der Waals surface area contributed by atoms with Crippen molar-refractivity contribution in [2.45, 2.75) is 0 Å². The summed E-state index contributed by atoms with van der Waals surface area (Å²) in [4.78, 5) is 11.9. The molecule has 0 bridgehead atoms. The normalized spacial score (nSPS) is 12.5. The van der Waals surface area contributed by atoms with Crippen molar-refractivity contribution in [3.05, 3.63) is 152 Å². The first-order chi connectivity index (χ1) is 23.8. The van der Waals surface area contributed by atoms with Crippen LogP contribution in [0.2, 0.25) is 0 Å². The summed E-state index contributed by atoms with van der Waals surface area (Å²) in [6.45, 7) is 0. The van der Waals surface area contributed by atoms with Gasteiger partial charge in [-0.1, -0.05) is 78.9 Å². The van der Waals surface area contributed by atoms with E-state index in [4.69, 9.17) is 14.4 Å². The average molecular weight is 616 g/mol. The van der Waals surface area contributed by atoms with Gasteiger partial charge in [-0.2, -0.15) is 4.98 Å². The molecule has 0 saturated heterocycles. The highest BCUT2D eigenvalue weighted by Gasteiger charge is 2.28. The first kappa shape index (κ1) is 25.5. The molecule has 0 radical (unpaired) electrons. The zero-order valence-electron chi connectivity index (χ0n) is 25.6. The van der Waals surface area contributed by atoms with Gasteiger partial charge in [0.15, 0.2) is 11.2 Å². The van der Waals surface area contributed by atoms with Crippen LogP contribution in [0.3, 0.4) is 0 Å². The summed E-state index contributed by atoms with van der Waals surface area (Å²) in [5.74, 6) is 0.546. The molecule has 0 aliphatic carbocycles. The van der Waals surface area contributed by atoms with E-state index < -0.39 is 0 Å². The standard InChI is InChI=1S/C42H25N5O/c1-4-14-33-29(10-1)30-11-2-5-15-34(30)45(33)27-22-20-26(21-23-27)42-44-41-39(48-42)24-28(25-43-41)46-36-17-7-8-18-37(36)47-35-16-6-3-12-31(35)32-13-9-19-38(46)40(32)47/h1-25H. The molecular formula is C42H25N5O. The first-order valence-electron chi connectivity index (χ1n) is 16.1. The second-order valence-electron chi connectivity index (χ2n) is 12.3. The van der Waals surface area contributed by atoms with Crippen molar-refractivity contribution in [2.75, 3.05) is 4.90 Å². The maximum atomic E-state index is 6.42. The van der Waals surface area contributed by atoms with E-state index in [1.807, 2.05) is 6.20 Å². The topological polar surface area (TPSA) is 52.0 Å². The van der Waals surface area contributed by atoms with E-state index in [1.54, 1.807) is 0 Å². The summed E-state index contributed by atoms with van der Waals surface area (Å²) in [7, 11) is 0. The van der Waals surface area contributed by atoms with Gasteiger partial charge in [0, 0.05) is 38.9 Å². The predicted molar refractivity (Wildman–Crippen MR) is 194 cm³/mol. The van der Waals surface area contributed by atoms with E-state index in [0.717, 1.165) is 34.0 Å². The van der Waals surface area contributed by atoms with Crippen LogP contribution >= 0.6 is 0 Å². The Morgan fingerprint density at radius 1 is 0.479 bits per heavy atom. The Bertz CT molecular complexity index is 2860. The number of aromatic nitrogens is 4. The molecule has 48 heavy (non-hydrogen) atoms. The van der Waals surface area contributed by atoms with Crippen LogP contribution in [0.25, 0.3) is 77.7 Å². The molecule has 6 nitrogen and oxygen atoms in total. The summed E-state index contributed by atoms with van der Waals surface area (Å²) in [6, 6.07) is 51.2. The van der Waals surface area contributed by atoms with Gasteiger partial charge < -0.3 is 18.5 Å². The van der Waals surface area contributed by atoms with Crippen LogP contribution in [0.5, 0.6) is 0 Å². The number of pyridine rings is 1. The molecule has 1 aliphatic heterocycles. The van der Waals surface area contributed by atoms with E-state index in [9.17, 15) is 0 Å². The average Bonchev–Trinajstić information content (AvgIpc) is 3.83. The molecule has 1 aliphatic rings. The molecule has 0 saturated carbocycles. The lowest BCUT2D eigenvalue weighted by Gasteiger charge is -2.32. The second-order valence-corrected chi connectivity index (χ2v) is 12.3. The minimum Gasteiger partial charge on any atom is -0.434 e. The van der Waals surface area contributed by atoms with Gasteiger partial charge in [-0.25, -0.2) is 4.98 Å².